The topological polar surface area (TPSA) is 31.9 Å². The highest BCUT2D eigenvalue weighted by atomic mass is 32.1. The predicted molar refractivity (Wildman–Crippen MR) is 128 cm³/mol. The number of pyridine rings is 1. The van der Waals surface area contributed by atoms with Crippen molar-refractivity contribution < 1.29 is 0 Å². The number of H-pyrrole nitrogens is 1. The maximum absolute atomic E-state index is 4.56. The highest BCUT2D eigenvalue weighted by molar-refractivity contribution is 7.15. The van der Waals surface area contributed by atoms with Gasteiger partial charge in [-0.05, 0) is 80.3 Å². The molecule has 4 heterocycles. The average molecular weight is 416 g/mol. The van der Waals surface area contributed by atoms with Crippen LogP contribution < -0.4 is 0 Å². The van der Waals surface area contributed by atoms with E-state index in [1.807, 2.05) is 11.3 Å². The maximum atomic E-state index is 4.56. The Labute approximate surface area is 182 Å². The Morgan fingerprint density at radius 3 is 2.53 bits per heavy atom. The van der Waals surface area contributed by atoms with E-state index in [1.165, 1.54) is 48.6 Å². The molecule has 0 saturated carbocycles. The van der Waals surface area contributed by atoms with Gasteiger partial charge in [-0.25, -0.2) is 0 Å². The number of nitrogens with zero attached hydrogens (tertiary/aromatic N) is 2. The molecule has 3 aromatic heterocycles. The molecule has 30 heavy (non-hydrogen) atoms. The number of hydrogen-bond acceptors (Lipinski definition) is 3. The van der Waals surface area contributed by atoms with Gasteiger partial charge < -0.3 is 9.88 Å². The van der Waals surface area contributed by atoms with Crippen molar-refractivity contribution in [1.82, 2.24) is 14.9 Å². The lowest BCUT2D eigenvalue weighted by Crippen LogP contribution is -2.24. The fraction of sp³-hybridized carbons (Fsp3) is 0.346. The first-order chi connectivity index (χ1) is 14.4. The Bertz CT molecular complexity index is 1220. The van der Waals surface area contributed by atoms with Crippen LogP contribution in [0.5, 0.6) is 0 Å². The molecule has 0 bridgehead atoms. The summed E-state index contributed by atoms with van der Waals surface area (Å²) in [6, 6.07) is 13.7. The number of hydrogen-bond donors (Lipinski definition) is 1. The zero-order valence-corrected chi connectivity index (χ0v) is 19.3. The Hall–Kier alpha value is -2.43. The Balaban J connectivity index is 1.65. The van der Waals surface area contributed by atoms with Crippen LogP contribution in [0.4, 0.5) is 0 Å². The summed E-state index contributed by atoms with van der Waals surface area (Å²) in [5, 5.41) is 1.34. The fourth-order valence-corrected chi connectivity index (χ4v) is 6.05. The van der Waals surface area contributed by atoms with E-state index in [1.54, 1.807) is 0 Å². The van der Waals surface area contributed by atoms with E-state index >= 15 is 0 Å². The highest BCUT2D eigenvalue weighted by Crippen LogP contribution is 2.40. The van der Waals surface area contributed by atoms with E-state index in [4.69, 9.17) is 0 Å². The van der Waals surface area contributed by atoms with Crippen molar-refractivity contribution in [3.8, 4) is 21.7 Å². The third-order valence-electron chi connectivity index (χ3n) is 6.14. The van der Waals surface area contributed by atoms with Crippen LogP contribution in [-0.2, 0) is 13.0 Å². The largest absolute Gasteiger partial charge is 0.354 e. The van der Waals surface area contributed by atoms with E-state index in [9.17, 15) is 0 Å². The minimum atomic E-state index is 0.433. The number of benzene rings is 1. The van der Waals surface area contributed by atoms with Gasteiger partial charge in [0.15, 0.2) is 0 Å². The van der Waals surface area contributed by atoms with Crippen molar-refractivity contribution in [3.63, 3.8) is 0 Å². The Morgan fingerprint density at radius 2 is 1.80 bits per heavy atom. The van der Waals surface area contributed by atoms with E-state index < -0.39 is 0 Å². The van der Waals surface area contributed by atoms with Crippen molar-refractivity contribution in [1.29, 1.82) is 0 Å². The number of fused-ring (bicyclic) bond motifs is 2. The lowest BCUT2D eigenvalue weighted by molar-refractivity contribution is 0.317. The normalized spacial score (nSPS) is 14.6. The standard InChI is InChI=1S/C26H29N3S/c1-15(2)25-21-12-18(23-13-19-8-9-29(5)14-24(19)30-23)6-7-22(21)28-26(25)20-10-16(3)27-17(4)11-20/h6-7,10-13,15,28H,8-9,14H2,1-5H3. The maximum Gasteiger partial charge on any atom is 0.0501 e. The van der Waals surface area contributed by atoms with Gasteiger partial charge in [0, 0.05) is 50.7 Å². The van der Waals surface area contributed by atoms with Crippen LogP contribution in [-0.4, -0.2) is 28.5 Å². The molecule has 1 N–H and O–H groups in total. The SMILES string of the molecule is Cc1cc(-c2[nH]c3ccc(-c4cc5c(s4)CN(C)CC5)cc3c2C(C)C)cc(C)n1. The number of rotatable bonds is 3. The fourth-order valence-electron chi connectivity index (χ4n) is 4.76. The van der Waals surface area contributed by atoms with Gasteiger partial charge in [0.1, 0.15) is 0 Å². The molecular weight excluding hydrogens is 386 g/mol. The van der Waals surface area contributed by atoms with Gasteiger partial charge in [-0.3, -0.25) is 4.98 Å². The number of aryl methyl sites for hydroxylation is 2. The molecule has 0 spiro atoms. The van der Waals surface area contributed by atoms with Crippen molar-refractivity contribution in [2.45, 2.75) is 46.6 Å². The third-order valence-corrected chi connectivity index (χ3v) is 7.35. The summed E-state index contributed by atoms with van der Waals surface area (Å²) in [4.78, 5) is 13.6. The molecule has 1 aliphatic rings. The molecular formula is C26H29N3S. The number of nitrogens with one attached hydrogen (secondary N) is 1. The molecule has 0 amide bonds. The van der Waals surface area contributed by atoms with E-state index in [0.717, 1.165) is 30.9 Å². The summed E-state index contributed by atoms with van der Waals surface area (Å²) in [7, 11) is 2.22. The van der Waals surface area contributed by atoms with Gasteiger partial charge in [0.05, 0.1) is 5.69 Å². The van der Waals surface area contributed by atoms with Gasteiger partial charge in [-0.15, -0.1) is 11.3 Å². The first kappa shape index (κ1) is 19.5. The van der Waals surface area contributed by atoms with Gasteiger partial charge >= 0.3 is 0 Å². The Morgan fingerprint density at radius 1 is 1.03 bits per heavy atom. The zero-order chi connectivity index (χ0) is 21.0. The van der Waals surface area contributed by atoms with E-state index in [2.05, 4.69) is 86.0 Å². The number of aromatic amines is 1. The molecule has 0 unspecified atom stereocenters. The van der Waals surface area contributed by atoms with Crippen molar-refractivity contribution >= 4 is 22.2 Å². The minimum absolute atomic E-state index is 0.433. The zero-order valence-electron chi connectivity index (χ0n) is 18.5. The van der Waals surface area contributed by atoms with Gasteiger partial charge in [-0.1, -0.05) is 19.9 Å². The molecule has 0 aliphatic carbocycles. The lowest BCUT2D eigenvalue weighted by Gasteiger charge is -2.21. The van der Waals surface area contributed by atoms with Crippen LogP contribution >= 0.6 is 11.3 Å². The molecule has 1 aliphatic heterocycles. The van der Waals surface area contributed by atoms with Crippen molar-refractivity contribution in [3.05, 3.63) is 63.8 Å². The molecule has 0 radical (unpaired) electrons. The second-order valence-electron chi connectivity index (χ2n) is 9.01. The second-order valence-corrected chi connectivity index (χ2v) is 10.2. The smallest absolute Gasteiger partial charge is 0.0501 e. The van der Waals surface area contributed by atoms with Gasteiger partial charge in [-0.2, -0.15) is 0 Å². The quantitative estimate of drug-likeness (QED) is 0.404. The molecule has 0 saturated heterocycles. The Kier molecular flexibility index (Phi) is 4.79. The third kappa shape index (κ3) is 3.38. The van der Waals surface area contributed by atoms with Crippen LogP contribution in [0.15, 0.2) is 36.4 Å². The van der Waals surface area contributed by atoms with Crippen LogP contribution in [0, 0.1) is 13.8 Å². The summed E-state index contributed by atoms with van der Waals surface area (Å²) in [5.74, 6) is 0.433. The van der Waals surface area contributed by atoms with E-state index in [-0.39, 0.29) is 0 Å². The number of thiophene rings is 1. The molecule has 3 nitrogen and oxygen atoms in total. The summed E-state index contributed by atoms with van der Waals surface area (Å²) in [6.07, 6.45) is 1.16. The second kappa shape index (κ2) is 7.36. The molecule has 154 valence electrons. The number of aromatic nitrogens is 2. The van der Waals surface area contributed by atoms with Gasteiger partial charge in [0.25, 0.3) is 0 Å². The highest BCUT2D eigenvalue weighted by Gasteiger charge is 2.20. The van der Waals surface area contributed by atoms with Crippen LogP contribution in [0.1, 0.15) is 47.2 Å². The lowest BCUT2D eigenvalue weighted by atomic mass is 9.95. The predicted octanol–water partition coefficient (Wildman–Crippen LogP) is 6.69. The summed E-state index contributed by atoms with van der Waals surface area (Å²) < 4.78 is 0. The first-order valence-corrected chi connectivity index (χ1v) is 11.6. The number of likely N-dealkylation sites (N-methyl/N-ethyl adjacent to an activating group) is 1. The van der Waals surface area contributed by atoms with E-state index in [0.29, 0.717) is 5.92 Å². The van der Waals surface area contributed by atoms with Crippen molar-refractivity contribution in [2.24, 2.45) is 0 Å². The van der Waals surface area contributed by atoms with Crippen molar-refractivity contribution in [2.75, 3.05) is 13.6 Å². The molecule has 4 heteroatoms. The minimum Gasteiger partial charge on any atom is -0.354 e. The van der Waals surface area contributed by atoms with Crippen LogP contribution in [0.25, 0.3) is 32.6 Å². The summed E-state index contributed by atoms with van der Waals surface area (Å²) in [5.41, 5.74) is 10.1. The molecule has 1 aromatic carbocycles. The molecule has 4 aromatic rings. The summed E-state index contributed by atoms with van der Waals surface area (Å²) >= 11 is 1.96. The van der Waals surface area contributed by atoms with Crippen LogP contribution in [0.3, 0.4) is 0 Å². The summed E-state index contributed by atoms with van der Waals surface area (Å²) in [6.45, 7) is 11.0. The molecule has 0 atom stereocenters. The van der Waals surface area contributed by atoms with Crippen LogP contribution in [0.2, 0.25) is 0 Å². The average Bonchev–Trinajstić information content (AvgIpc) is 3.27. The molecule has 0 fully saturated rings. The first-order valence-electron chi connectivity index (χ1n) is 10.8. The van der Waals surface area contributed by atoms with Gasteiger partial charge in [0.2, 0.25) is 0 Å². The monoisotopic (exact) mass is 415 g/mol. The molecule has 5 rings (SSSR count).